The number of fused-ring (bicyclic) bond motifs is 1. The maximum atomic E-state index is 12.6. The van der Waals surface area contributed by atoms with Crippen LogP contribution in [0.1, 0.15) is 34.3 Å². The molecule has 2 N–H and O–H groups in total. The third kappa shape index (κ3) is 4.18. The summed E-state index contributed by atoms with van der Waals surface area (Å²) in [5.74, 6) is 0.408. The van der Waals surface area contributed by atoms with Crippen molar-refractivity contribution in [1.29, 1.82) is 5.26 Å². The van der Waals surface area contributed by atoms with Crippen LogP contribution in [0, 0.1) is 11.3 Å². The molecular weight excluding hydrogens is 472 g/mol. The molecule has 0 aliphatic carbocycles. The molecular formula is C25H19BrN2O4. The molecule has 0 bridgehead atoms. The molecule has 0 radical (unpaired) electrons. The number of hydrogen-bond acceptors (Lipinski definition) is 6. The average molecular weight is 491 g/mol. The van der Waals surface area contributed by atoms with Crippen molar-refractivity contribution in [2.24, 2.45) is 5.73 Å². The number of allylic oxidation sites excluding steroid dienone is 1. The lowest BCUT2D eigenvalue weighted by Crippen LogP contribution is -2.21. The molecule has 6 nitrogen and oxygen atoms in total. The smallest absolute Gasteiger partial charge is 0.343 e. The summed E-state index contributed by atoms with van der Waals surface area (Å²) in [5.41, 5.74) is 8.39. The zero-order valence-corrected chi connectivity index (χ0v) is 18.8. The molecule has 0 saturated heterocycles. The summed E-state index contributed by atoms with van der Waals surface area (Å²) < 4.78 is 17.6. The molecule has 32 heavy (non-hydrogen) atoms. The van der Waals surface area contributed by atoms with Gasteiger partial charge in [-0.25, -0.2) is 4.79 Å². The lowest BCUT2D eigenvalue weighted by Gasteiger charge is -2.27. The van der Waals surface area contributed by atoms with Crippen LogP contribution < -0.4 is 19.9 Å². The van der Waals surface area contributed by atoms with Crippen LogP contribution in [0.2, 0.25) is 0 Å². The molecule has 0 spiro atoms. The first kappa shape index (κ1) is 21.5. The molecule has 1 heterocycles. The van der Waals surface area contributed by atoms with Gasteiger partial charge in [-0.1, -0.05) is 46.3 Å². The van der Waals surface area contributed by atoms with Crippen molar-refractivity contribution >= 4 is 21.9 Å². The minimum atomic E-state index is -0.522. The zero-order chi connectivity index (χ0) is 22.7. The van der Waals surface area contributed by atoms with Crippen molar-refractivity contribution in [3.05, 3.63) is 99.3 Å². The fraction of sp³-hybridized carbons (Fsp3) is 0.120. The Morgan fingerprint density at radius 3 is 2.66 bits per heavy atom. The van der Waals surface area contributed by atoms with E-state index in [1.54, 1.807) is 42.5 Å². The number of nitrogens with two attached hydrogens (primary N) is 1. The number of ether oxygens (including phenoxy) is 3. The highest BCUT2D eigenvalue weighted by atomic mass is 79.9. The number of benzene rings is 3. The summed E-state index contributed by atoms with van der Waals surface area (Å²) in [6.07, 6.45) is 0. The first-order valence-corrected chi connectivity index (χ1v) is 10.7. The number of nitrogens with zero attached hydrogens (tertiary/aromatic N) is 1. The van der Waals surface area contributed by atoms with E-state index in [2.05, 4.69) is 22.0 Å². The second-order valence-corrected chi connectivity index (χ2v) is 7.85. The van der Waals surface area contributed by atoms with Crippen molar-refractivity contribution < 1.29 is 19.0 Å². The normalized spacial score (nSPS) is 14.7. The largest absolute Gasteiger partial charge is 0.494 e. The Morgan fingerprint density at radius 2 is 1.91 bits per heavy atom. The number of carbonyl (C=O) groups is 1. The first-order chi connectivity index (χ1) is 15.5. The number of halogens is 1. The van der Waals surface area contributed by atoms with Gasteiger partial charge in [0.25, 0.3) is 0 Å². The van der Waals surface area contributed by atoms with Crippen LogP contribution in [-0.2, 0) is 0 Å². The van der Waals surface area contributed by atoms with Crippen LogP contribution in [0.4, 0.5) is 0 Å². The van der Waals surface area contributed by atoms with E-state index in [1.165, 1.54) is 0 Å². The summed E-state index contributed by atoms with van der Waals surface area (Å²) >= 11 is 3.56. The maximum Gasteiger partial charge on any atom is 0.343 e. The highest BCUT2D eigenvalue weighted by Gasteiger charge is 2.32. The van der Waals surface area contributed by atoms with Gasteiger partial charge in [-0.05, 0) is 42.8 Å². The molecule has 1 unspecified atom stereocenters. The molecule has 0 aromatic heterocycles. The van der Waals surface area contributed by atoms with Gasteiger partial charge in [0.1, 0.15) is 28.9 Å². The van der Waals surface area contributed by atoms with Crippen molar-refractivity contribution in [1.82, 2.24) is 0 Å². The van der Waals surface area contributed by atoms with Crippen molar-refractivity contribution in [2.45, 2.75) is 12.8 Å². The molecule has 0 fully saturated rings. The van der Waals surface area contributed by atoms with Gasteiger partial charge in [-0.15, -0.1) is 0 Å². The van der Waals surface area contributed by atoms with Gasteiger partial charge in [0.15, 0.2) is 0 Å². The average Bonchev–Trinajstić information content (AvgIpc) is 2.79. The first-order valence-electron chi connectivity index (χ1n) is 9.92. The lowest BCUT2D eigenvalue weighted by molar-refractivity contribution is 0.0734. The summed E-state index contributed by atoms with van der Waals surface area (Å²) in [5, 5.41) is 9.71. The second-order valence-electron chi connectivity index (χ2n) is 7.00. The molecule has 3 aromatic carbocycles. The van der Waals surface area contributed by atoms with Gasteiger partial charge in [-0.3, -0.25) is 0 Å². The van der Waals surface area contributed by atoms with Crippen LogP contribution in [0.3, 0.4) is 0 Å². The van der Waals surface area contributed by atoms with Gasteiger partial charge >= 0.3 is 5.97 Å². The van der Waals surface area contributed by atoms with Crippen LogP contribution in [0.5, 0.6) is 17.2 Å². The number of nitriles is 1. The molecule has 160 valence electrons. The quantitative estimate of drug-likeness (QED) is 0.385. The summed E-state index contributed by atoms with van der Waals surface area (Å²) in [6.45, 7) is 2.37. The number of carbonyl (C=O) groups excluding carboxylic acids is 1. The standard InChI is InChI=1S/C25H19BrN2O4/c1-2-30-16-7-5-6-15(12-16)25(29)31-17-10-11-19-22(13-17)32-24(28)20(14-27)23(19)18-8-3-4-9-21(18)26/h3-13,23H,2,28H2,1H3. The van der Waals surface area contributed by atoms with Crippen molar-refractivity contribution in [3.63, 3.8) is 0 Å². The molecule has 0 amide bonds. The zero-order valence-electron chi connectivity index (χ0n) is 17.2. The van der Waals surface area contributed by atoms with E-state index in [0.29, 0.717) is 35.0 Å². The third-order valence-electron chi connectivity index (χ3n) is 5.00. The summed E-state index contributed by atoms with van der Waals surface area (Å²) in [7, 11) is 0. The molecule has 7 heteroatoms. The minimum absolute atomic E-state index is 0.0219. The van der Waals surface area contributed by atoms with Crippen molar-refractivity contribution in [2.75, 3.05) is 6.61 Å². The summed E-state index contributed by atoms with van der Waals surface area (Å²) in [6, 6.07) is 21.6. The Labute approximate surface area is 194 Å². The Hall–Kier alpha value is -3.76. The molecule has 3 aromatic rings. The van der Waals surface area contributed by atoms with Gasteiger partial charge in [0.05, 0.1) is 18.1 Å². The van der Waals surface area contributed by atoms with E-state index < -0.39 is 11.9 Å². The highest BCUT2D eigenvalue weighted by molar-refractivity contribution is 9.10. The van der Waals surface area contributed by atoms with Gasteiger partial charge in [0, 0.05) is 16.1 Å². The Morgan fingerprint density at radius 1 is 1.09 bits per heavy atom. The number of rotatable bonds is 5. The molecule has 1 aliphatic heterocycles. The SMILES string of the molecule is CCOc1cccc(C(=O)Oc2ccc3c(c2)OC(N)=C(C#N)C3c2ccccc2Br)c1. The summed E-state index contributed by atoms with van der Waals surface area (Å²) in [4.78, 5) is 12.6. The number of hydrogen-bond donors (Lipinski definition) is 1. The maximum absolute atomic E-state index is 12.6. The topological polar surface area (TPSA) is 94.6 Å². The second kappa shape index (κ2) is 9.16. The molecule has 0 saturated carbocycles. The molecule has 4 rings (SSSR count). The fourth-order valence-corrected chi connectivity index (χ4v) is 4.09. The Balaban J connectivity index is 1.66. The van der Waals surface area contributed by atoms with Crippen LogP contribution in [0.25, 0.3) is 0 Å². The predicted molar refractivity (Wildman–Crippen MR) is 122 cm³/mol. The van der Waals surface area contributed by atoms with Gasteiger partial charge < -0.3 is 19.9 Å². The van der Waals surface area contributed by atoms with E-state index in [1.807, 2.05) is 31.2 Å². The Kier molecular flexibility index (Phi) is 6.15. The van der Waals surface area contributed by atoms with E-state index in [0.717, 1.165) is 15.6 Å². The molecule has 1 aliphatic rings. The fourth-order valence-electron chi connectivity index (χ4n) is 3.57. The van der Waals surface area contributed by atoms with Gasteiger partial charge in [-0.2, -0.15) is 5.26 Å². The van der Waals surface area contributed by atoms with Gasteiger partial charge in [0.2, 0.25) is 5.88 Å². The van der Waals surface area contributed by atoms with Crippen LogP contribution in [0.15, 0.2) is 82.7 Å². The monoisotopic (exact) mass is 490 g/mol. The molecule has 1 atom stereocenters. The van der Waals surface area contributed by atoms with E-state index in [9.17, 15) is 10.1 Å². The highest BCUT2D eigenvalue weighted by Crippen LogP contribution is 2.45. The minimum Gasteiger partial charge on any atom is -0.494 e. The van der Waals surface area contributed by atoms with Crippen LogP contribution in [-0.4, -0.2) is 12.6 Å². The van der Waals surface area contributed by atoms with Crippen molar-refractivity contribution in [3.8, 4) is 23.3 Å². The van der Waals surface area contributed by atoms with E-state index >= 15 is 0 Å². The number of esters is 1. The lowest BCUT2D eigenvalue weighted by atomic mass is 9.83. The Bertz CT molecular complexity index is 1260. The van der Waals surface area contributed by atoms with E-state index in [4.69, 9.17) is 19.9 Å². The predicted octanol–water partition coefficient (Wildman–Crippen LogP) is 5.29. The van der Waals surface area contributed by atoms with Crippen LogP contribution >= 0.6 is 15.9 Å². The van der Waals surface area contributed by atoms with E-state index in [-0.39, 0.29) is 5.88 Å². The third-order valence-corrected chi connectivity index (χ3v) is 5.72.